The molecule has 0 bridgehead atoms. The maximum absolute atomic E-state index is 13.2. The number of aromatic nitrogens is 4. The van der Waals surface area contributed by atoms with Gasteiger partial charge in [0.1, 0.15) is 24.9 Å². The van der Waals surface area contributed by atoms with Crippen LogP contribution in [0.1, 0.15) is 5.56 Å². The highest BCUT2D eigenvalue weighted by Gasteiger charge is 2.35. The number of anilines is 2. The first-order chi connectivity index (χ1) is 12.6. The molecule has 1 N–H and O–H groups in total. The van der Waals surface area contributed by atoms with Crippen molar-refractivity contribution in [1.82, 2.24) is 19.7 Å². The molecule has 2 heterocycles. The summed E-state index contributed by atoms with van der Waals surface area (Å²) in [6.45, 7) is 3.12. The smallest absolute Gasteiger partial charge is 0.339 e. The Balaban J connectivity index is 2.08. The summed E-state index contributed by atoms with van der Waals surface area (Å²) < 4.78 is 54.0. The summed E-state index contributed by atoms with van der Waals surface area (Å²) in [7, 11) is -1.03. The first-order valence-corrected chi connectivity index (χ1v) is 10.5. The molecule has 0 saturated heterocycles. The number of nitrogens with zero attached hydrogens (tertiary/aromatic N) is 4. The molecule has 0 aliphatic rings. The Kier molecular flexibility index (Phi) is 4.82. The lowest BCUT2D eigenvalue weighted by atomic mass is 10.1. The SMILES string of the molecule is Cn1cc(-c2ccc(Nc3ncncc3C(F)(F)F)c(P(C)(C)=O)c2)cn1. The number of aryl methyl sites for hydroxylation is 1. The molecular formula is C17H17F3N5OP. The van der Waals surface area contributed by atoms with Gasteiger partial charge in [0, 0.05) is 30.3 Å². The van der Waals surface area contributed by atoms with Crippen LogP contribution >= 0.6 is 7.14 Å². The van der Waals surface area contributed by atoms with Gasteiger partial charge in [-0.2, -0.15) is 18.3 Å². The average Bonchev–Trinajstić information content (AvgIpc) is 3.00. The molecule has 3 rings (SSSR count). The Morgan fingerprint density at radius 3 is 2.48 bits per heavy atom. The van der Waals surface area contributed by atoms with Gasteiger partial charge in [-0.15, -0.1) is 0 Å². The molecule has 0 saturated carbocycles. The first-order valence-electron chi connectivity index (χ1n) is 7.88. The quantitative estimate of drug-likeness (QED) is 0.679. The predicted octanol–water partition coefficient (Wildman–Crippen LogP) is 3.89. The second-order valence-corrected chi connectivity index (χ2v) is 9.58. The van der Waals surface area contributed by atoms with Crippen LogP contribution in [0, 0.1) is 0 Å². The van der Waals surface area contributed by atoms with Gasteiger partial charge < -0.3 is 9.88 Å². The summed E-state index contributed by atoms with van der Waals surface area (Å²) in [5.41, 5.74) is 0.901. The van der Waals surface area contributed by atoms with E-state index in [2.05, 4.69) is 20.4 Å². The van der Waals surface area contributed by atoms with E-state index in [0.717, 1.165) is 17.5 Å². The molecule has 2 aromatic heterocycles. The minimum absolute atomic E-state index is 0.306. The van der Waals surface area contributed by atoms with Crippen molar-refractivity contribution in [2.75, 3.05) is 18.6 Å². The van der Waals surface area contributed by atoms with E-state index in [-0.39, 0.29) is 5.82 Å². The number of alkyl halides is 3. The first kappa shape index (κ1) is 19.1. The molecular weight excluding hydrogens is 378 g/mol. The highest BCUT2D eigenvalue weighted by atomic mass is 31.2. The molecule has 3 aromatic rings. The second-order valence-electron chi connectivity index (χ2n) is 6.39. The zero-order valence-corrected chi connectivity index (χ0v) is 15.7. The summed E-state index contributed by atoms with van der Waals surface area (Å²) in [6, 6.07) is 5.03. The molecule has 0 unspecified atom stereocenters. The monoisotopic (exact) mass is 395 g/mol. The van der Waals surface area contributed by atoms with Crippen molar-refractivity contribution < 1.29 is 17.7 Å². The summed E-state index contributed by atoms with van der Waals surface area (Å²) in [4.78, 5) is 7.15. The number of nitrogens with one attached hydrogen (secondary N) is 1. The fraction of sp³-hybridized carbons (Fsp3) is 0.235. The van der Waals surface area contributed by atoms with Crippen molar-refractivity contribution in [1.29, 1.82) is 0 Å². The van der Waals surface area contributed by atoms with E-state index in [1.807, 2.05) is 0 Å². The van der Waals surface area contributed by atoms with E-state index in [9.17, 15) is 17.7 Å². The van der Waals surface area contributed by atoms with E-state index in [1.165, 1.54) is 0 Å². The van der Waals surface area contributed by atoms with Gasteiger partial charge in [-0.3, -0.25) is 4.68 Å². The van der Waals surface area contributed by atoms with Crippen LogP contribution in [-0.4, -0.2) is 33.1 Å². The van der Waals surface area contributed by atoms with Crippen LogP contribution in [0.4, 0.5) is 24.7 Å². The largest absolute Gasteiger partial charge is 0.421 e. The summed E-state index contributed by atoms with van der Waals surface area (Å²) >= 11 is 0. The minimum atomic E-state index is -4.61. The third kappa shape index (κ3) is 4.19. The van der Waals surface area contributed by atoms with Crippen LogP contribution in [-0.2, 0) is 17.8 Å². The Hall–Kier alpha value is -2.67. The topological polar surface area (TPSA) is 72.7 Å². The summed E-state index contributed by atoms with van der Waals surface area (Å²) in [5, 5.41) is 7.20. The minimum Gasteiger partial charge on any atom is -0.339 e. The molecule has 0 aliphatic carbocycles. The van der Waals surface area contributed by atoms with Gasteiger partial charge in [-0.25, -0.2) is 9.97 Å². The fourth-order valence-electron chi connectivity index (χ4n) is 2.60. The highest BCUT2D eigenvalue weighted by molar-refractivity contribution is 7.70. The van der Waals surface area contributed by atoms with Crippen LogP contribution in [0.5, 0.6) is 0 Å². The van der Waals surface area contributed by atoms with Crippen LogP contribution in [0.25, 0.3) is 11.1 Å². The number of rotatable bonds is 4. The van der Waals surface area contributed by atoms with Crippen LogP contribution in [0.3, 0.4) is 0 Å². The van der Waals surface area contributed by atoms with Crippen molar-refractivity contribution >= 4 is 24.0 Å². The maximum atomic E-state index is 13.2. The Bertz CT molecular complexity index is 1030. The molecule has 10 heteroatoms. The van der Waals surface area contributed by atoms with Gasteiger partial charge in [0.05, 0.1) is 11.9 Å². The lowest BCUT2D eigenvalue weighted by molar-refractivity contribution is -0.137. The molecule has 0 atom stereocenters. The molecule has 6 nitrogen and oxygen atoms in total. The van der Waals surface area contributed by atoms with E-state index in [4.69, 9.17) is 0 Å². The van der Waals surface area contributed by atoms with E-state index in [1.54, 1.807) is 55.7 Å². The fourth-order valence-corrected chi connectivity index (χ4v) is 3.76. The molecule has 0 fully saturated rings. The van der Waals surface area contributed by atoms with E-state index in [0.29, 0.717) is 17.2 Å². The Morgan fingerprint density at radius 2 is 1.89 bits per heavy atom. The molecule has 0 aliphatic heterocycles. The molecule has 0 amide bonds. The van der Waals surface area contributed by atoms with E-state index >= 15 is 0 Å². The van der Waals surface area contributed by atoms with E-state index < -0.39 is 18.9 Å². The van der Waals surface area contributed by atoms with Crippen molar-refractivity contribution in [2.45, 2.75) is 6.18 Å². The van der Waals surface area contributed by atoms with Crippen LogP contribution < -0.4 is 10.6 Å². The van der Waals surface area contributed by atoms with Crippen LogP contribution in [0.2, 0.25) is 0 Å². The molecule has 0 spiro atoms. The van der Waals surface area contributed by atoms with Crippen molar-refractivity contribution in [3.63, 3.8) is 0 Å². The van der Waals surface area contributed by atoms with Gasteiger partial charge in [0.15, 0.2) is 0 Å². The Morgan fingerprint density at radius 1 is 1.15 bits per heavy atom. The van der Waals surface area contributed by atoms with Crippen molar-refractivity contribution in [3.8, 4) is 11.1 Å². The van der Waals surface area contributed by atoms with Crippen LogP contribution in [0.15, 0.2) is 43.1 Å². The Labute approximate surface area is 153 Å². The lowest BCUT2D eigenvalue weighted by Crippen LogP contribution is -2.15. The highest BCUT2D eigenvalue weighted by Crippen LogP contribution is 2.41. The molecule has 1 aromatic carbocycles. The molecule has 27 heavy (non-hydrogen) atoms. The lowest BCUT2D eigenvalue weighted by Gasteiger charge is -2.18. The number of hydrogen-bond donors (Lipinski definition) is 1. The molecule has 0 radical (unpaired) electrons. The van der Waals surface area contributed by atoms with Gasteiger partial charge in [0.25, 0.3) is 0 Å². The number of benzene rings is 1. The summed E-state index contributed by atoms with van der Waals surface area (Å²) in [6.07, 6.45) is 0.583. The third-order valence-corrected chi connectivity index (χ3v) is 5.42. The average molecular weight is 395 g/mol. The third-order valence-electron chi connectivity index (χ3n) is 3.89. The second kappa shape index (κ2) is 6.81. The zero-order valence-electron chi connectivity index (χ0n) is 14.8. The maximum Gasteiger partial charge on any atom is 0.421 e. The van der Waals surface area contributed by atoms with Gasteiger partial charge in [-0.05, 0) is 31.0 Å². The standard InChI is InChI=1S/C17H17F3N5OP/c1-25-9-12(7-23-25)11-4-5-14(15(6-11)27(2,3)26)24-16-13(17(18,19)20)8-21-10-22-16/h4-10H,1-3H3,(H,21,22,24). The number of halogens is 3. The molecule has 142 valence electrons. The zero-order chi connectivity index (χ0) is 19.8. The van der Waals surface area contributed by atoms with Crippen molar-refractivity contribution in [3.05, 3.63) is 48.7 Å². The van der Waals surface area contributed by atoms with Crippen molar-refractivity contribution in [2.24, 2.45) is 7.05 Å². The van der Waals surface area contributed by atoms with Gasteiger partial charge in [0.2, 0.25) is 0 Å². The van der Waals surface area contributed by atoms with Gasteiger partial charge in [-0.1, -0.05) is 6.07 Å². The summed E-state index contributed by atoms with van der Waals surface area (Å²) in [5.74, 6) is -0.388. The normalized spacial score (nSPS) is 12.2. The predicted molar refractivity (Wildman–Crippen MR) is 98.0 cm³/mol. The van der Waals surface area contributed by atoms with Gasteiger partial charge >= 0.3 is 6.18 Å². The number of hydrogen-bond acceptors (Lipinski definition) is 5.